The molecule has 2 atom stereocenters. The largest absolute Gasteiger partial charge is 0.308 e. The molecule has 1 heterocycles. The summed E-state index contributed by atoms with van der Waals surface area (Å²) in [6.07, 6.45) is 0.956. The lowest BCUT2D eigenvalue weighted by atomic mass is 10.1. The Morgan fingerprint density at radius 1 is 1.18 bits per heavy atom. The maximum Gasteiger partial charge on any atom is 0.240 e. The zero-order valence-electron chi connectivity index (χ0n) is 13.0. The summed E-state index contributed by atoms with van der Waals surface area (Å²) in [6, 6.07) is 18.8. The van der Waals surface area contributed by atoms with Crippen LogP contribution < -0.4 is 4.90 Å². The van der Waals surface area contributed by atoms with E-state index in [0.717, 1.165) is 17.9 Å². The summed E-state index contributed by atoms with van der Waals surface area (Å²) in [5.74, 6) is 1.09. The third-order valence-corrected chi connectivity index (χ3v) is 5.34. The van der Waals surface area contributed by atoms with Gasteiger partial charge < -0.3 is 4.90 Å². The van der Waals surface area contributed by atoms with Crippen molar-refractivity contribution >= 4 is 23.4 Å². The van der Waals surface area contributed by atoms with Crippen LogP contribution in [0.3, 0.4) is 0 Å². The van der Waals surface area contributed by atoms with E-state index in [9.17, 15) is 4.79 Å². The zero-order chi connectivity index (χ0) is 15.5. The molecular formula is C19H21NOS. The number of nitrogens with zero attached hydrogens (tertiary/aromatic N) is 1. The topological polar surface area (TPSA) is 20.3 Å². The van der Waals surface area contributed by atoms with E-state index in [4.69, 9.17) is 0 Å². The van der Waals surface area contributed by atoms with Gasteiger partial charge in [-0.1, -0.05) is 48.5 Å². The predicted octanol–water partition coefficient (Wildman–Crippen LogP) is 4.29. The van der Waals surface area contributed by atoms with Crippen LogP contribution in [-0.2, 0) is 17.0 Å². The number of rotatable bonds is 4. The van der Waals surface area contributed by atoms with Crippen LogP contribution in [0.15, 0.2) is 54.6 Å². The van der Waals surface area contributed by atoms with Gasteiger partial charge in [-0.15, -0.1) is 11.8 Å². The monoisotopic (exact) mass is 311 g/mol. The van der Waals surface area contributed by atoms with Gasteiger partial charge in [0.15, 0.2) is 0 Å². The Kier molecular flexibility index (Phi) is 4.53. The first kappa shape index (κ1) is 15.2. The van der Waals surface area contributed by atoms with Gasteiger partial charge in [-0.2, -0.15) is 0 Å². The minimum absolute atomic E-state index is 0.0335. The number of benzene rings is 2. The van der Waals surface area contributed by atoms with Crippen molar-refractivity contribution in [1.29, 1.82) is 0 Å². The number of para-hydroxylation sites is 1. The van der Waals surface area contributed by atoms with E-state index in [1.165, 1.54) is 11.1 Å². The molecule has 114 valence electrons. The van der Waals surface area contributed by atoms with E-state index in [1.807, 2.05) is 42.2 Å². The van der Waals surface area contributed by atoms with E-state index in [1.54, 1.807) is 11.8 Å². The highest BCUT2D eigenvalue weighted by atomic mass is 32.2. The second-order valence-electron chi connectivity index (χ2n) is 5.83. The van der Waals surface area contributed by atoms with E-state index in [2.05, 4.69) is 31.2 Å². The number of fused-ring (bicyclic) bond motifs is 1. The van der Waals surface area contributed by atoms with Gasteiger partial charge in [-0.05, 0) is 37.5 Å². The molecule has 0 bridgehead atoms. The molecule has 0 saturated carbocycles. The lowest BCUT2D eigenvalue weighted by Crippen LogP contribution is -2.40. The van der Waals surface area contributed by atoms with Crippen LogP contribution in [-0.4, -0.2) is 17.2 Å². The molecule has 0 saturated heterocycles. The van der Waals surface area contributed by atoms with E-state index >= 15 is 0 Å². The van der Waals surface area contributed by atoms with Gasteiger partial charge in [-0.3, -0.25) is 4.79 Å². The maximum absolute atomic E-state index is 12.8. The molecule has 1 amide bonds. The van der Waals surface area contributed by atoms with Crippen LogP contribution in [0.2, 0.25) is 0 Å². The van der Waals surface area contributed by atoms with Crippen LogP contribution in [0.1, 0.15) is 25.0 Å². The molecule has 22 heavy (non-hydrogen) atoms. The van der Waals surface area contributed by atoms with Crippen LogP contribution >= 0.6 is 11.8 Å². The summed E-state index contributed by atoms with van der Waals surface area (Å²) < 4.78 is 0. The first-order chi connectivity index (χ1) is 10.7. The van der Waals surface area contributed by atoms with Crippen molar-refractivity contribution in [3.05, 3.63) is 65.7 Å². The normalized spacial score (nSPS) is 18.1. The molecule has 1 aliphatic rings. The number of carbonyl (C=O) groups is 1. The Balaban J connectivity index is 1.68. The molecule has 3 heteroatoms. The van der Waals surface area contributed by atoms with Crippen molar-refractivity contribution in [3.8, 4) is 0 Å². The van der Waals surface area contributed by atoms with Crippen molar-refractivity contribution in [2.75, 3.05) is 4.90 Å². The van der Waals surface area contributed by atoms with Gasteiger partial charge in [-0.25, -0.2) is 0 Å². The molecule has 0 N–H and O–H groups in total. The van der Waals surface area contributed by atoms with E-state index < -0.39 is 0 Å². The highest BCUT2D eigenvalue weighted by molar-refractivity contribution is 7.99. The third kappa shape index (κ3) is 3.05. The average molecular weight is 311 g/mol. The Morgan fingerprint density at radius 2 is 1.86 bits per heavy atom. The quantitative estimate of drug-likeness (QED) is 0.839. The van der Waals surface area contributed by atoms with Gasteiger partial charge >= 0.3 is 0 Å². The molecule has 0 aliphatic carbocycles. The summed E-state index contributed by atoms with van der Waals surface area (Å²) in [7, 11) is 0. The first-order valence-corrected chi connectivity index (χ1v) is 8.78. The molecule has 0 spiro atoms. The highest BCUT2D eigenvalue weighted by Crippen LogP contribution is 2.33. The third-order valence-electron chi connectivity index (χ3n) is 4.14. The Hall–Kier alpha value is -1.74. The molecule has 2 aromatic carbocycles. The Bertz CT molecular complexity index is 655. The first-order valence-electron chi connectivity index (χ1n) is 7.73. The predicted molar refractivity (Wildman–Crippen MR) is 94.3 cm³/mol. The molecule has 3 rings (SSSR count). The fourth-order valence-corrected chi connectivity index (χ4v) is 3.86. The maximum atomic E-state index is 12.8. The van der Waals surface area contributed by atoms with Crippen molar-refractivity contribution in [3.63, 3.8) is 0 Å². The molecule has 1 aliphatic heterocycles. The van der Waals surface area contributed by atoms with Crippen molar-refractivity contribution in [1.82, 2.24) is 0 Å². The summed E-state index contributed by atoms with van der Waals surface area (Å²) >= 11 is 1.71. The van der Waals surface area contributed by atoms with Crippen LogP contribution in [0.5, 0.6) is 0 Å². The van der Waals surface area contributed by atoms with Crippen molar-refractivity contribution in [2.45, 2.75) is 37.3 Å². The second kappa shape index (κ2) is 6.57. The minimum atomic E-state index is -0.0335. The standard InChI is InChI=1S/C19H21NOS/c1-14-12-17-10-6-7-11-18(17)20(14)19(21)15(2)22-13-16-8-4-3-5-9-16/h3-11,14-15H,12-13H2,1-2H3/t14-,15+/m0/s1. The lowest BCUT2D eigenvalue weighted by Gasteiger charge is -2.26. The molecule has 0 unspecified atom stereocenters. The Morgan fingerprint density at radius 3 is 2.64 bits per heavy atom. The number of anilines is 1. The fraction of sp³-hybridized carbons (Fsp3) is 0.316. The molecule has 2 aromatic rings. The van der Waals surface area contributed by atoms with Gasteiger partial charge in [0.2, 0.25) is 5.91 Å². The molecule has 0 radical (unpaired) electrons. The van der Waals surface area contributed by atoms with Gasteiger partial charge in [0, 0.05) is 17.5 Å². The molecule has 0 aromatic heterocycles. The van der Waals surface area contributed by atoms with Gasteiger partial charge in [0.05, 0.1) is 5.25 Å². The SMILES string of the molecule is C[C@@H](SCc1ccccc1)C(=O)N1c2ccccc2C[C@@H]1C. The fourth-order valence-electron chi connectivity index (χ4n) is 2.96. The van der Waals surface area contributed by atoms with Crippen molar-refractivity contribution in [2.24, 2.45) is 0 Å². The zero-order valence-corrected chi connectivity index (χ0v) is 13.8. The van der Waals surface area contributed by atoms with E-state index in [-0.39, 0.29) is 17.2 Å². The van der Waals surface area contributed by atoms with Crippen molar-refractivity contribution < 1.29 is 4.79 Å². The van der Waals surface area contributed by atoms with Gasteiger partial charge in [0.25, 0.3) is 0 Å². The second-order valence-corrected chi connectivity index (χ2v) is 7.16. The smallest absolute Gasteiger partial charge is 0.240 e. The Labute approximate surface area is 136 Å². The number of hydrogen-bond acceptors (Lipinski definition) is 2. The summed E-state index contributed by atoms with van der Waals surface area (Å²) in [5, 5.41) is -0.0335. The number of carbonyl (C=O) groups excluding carboxylic acids is 1. The lowest BCUT2D eigenvalue weighted by molar-refractivity contribution is -0.118. The summed E-state index contributed by atoms with van der Waals surface area (Å²) in [5.41, 5.74) is 3.64. The number of hydrogen-bond donors (Lipinski definition) is 0. The number of amides is 1. The summed E-state index contributed by atoms with van der Waals surface area (Å²) in [6.45, 7) is 4.15. The van der Waals surface area contributed by atoms with Crippen LogP contribution in [0.25, 0.3) is 0 Å². The van der Waals surface area contributed by atoms with Gasteiger partial charge in [0.1, 0.15) is 0 Å². The van der Waals surface area contributed by atoms with Crippen LogP contribution in [0.4, 0.5) is 5.69 Å². The average Bonchev–Trinajstić information content (AvgIpc) is 2.88. The highest BCUT2D eigenvalue weighted by Gasteiger charge is 2.32. The molecular weight excluding hydrogens is 290 g/mol. The summed E-state index contributed by atoms with van der Waals surface area (Å²) in [4.78, 5) is 14.8. The molecule has 0 fully saturated rings. The van der Waals surface area contributed by atoms with Crippen LogP contribution in [0, 0.1) is 0 Å². The minimum Gasteiger partial charge on any atom is -0.308 e. The van der Waals surface area contributed by atoms with E-state index in [0.29, 0.717) is 0 Å². The number of thioether (sulfide) groups is 1. The molecule has 2 nitrogen and oxygen atoms in total.